The quantitative estimate of drug-likeness (QED) is 0.528. The van der Waals surface area contributed by atoms with Crippen molar-refractivity contribution < 1.29 is 19.8 Å². The molecular formula is C32H42N4O4. The lowest BCUT2D eigenvalue weighted by Crippen LogP contribution is -2.53. The van der Waals surface area contributed by atoms with Gasteiger partial charge in [0.15, 0.2) is 0 Å². The molecule has 2 amide bonds. The molecule has 8 nitrogen and oxygen atoms in total. The number of β-amino-alcohol motifs (C(OH)–C–C–N with tert-alkyl or cyclic N) is 1. The van der Waals surface area contributed by atoms with Gasteiger partial charge < -0.3 is 25.0 Å². The van der Waals surface area contributed by atoms with Crippen molar-refractivity contribution in [3.63, 3.8) is 0 Å². The maximum Gasteiger partial charge on any atom is 0.254 e. The zero-order valence-electron chi connectivity index (χ0n) is 23.4. The predicted molar refractivity (Wildman–Crippen MR) is 155 cm³/mol. The molecule has 0 bridgehead atoms. The van der Waals surface area contributed by atoms with E-state index in [9.17, 15) is 19.8 Å². The molecule has 3 fully saturated rings. The van der Waals surface area contributed by atoms with Crippen LogP contribution in [0.5, 0.6) is 0 Å². The van der Waals surface area contributed by atoms with Crippen molar-refractivity contribution in [2.75, 3.05) is 44.3 Å². The molecule has 40 heavy (non-hydrogen) atoms. The normalized spacial score (nSPS) is 21.9. The first-order chi connectivity index (χ1) is 19.4. The number of nitrogens with one attached hydrogen (secondary N) is 1. The number of rotatable bonds is 5. The van der Waals surface area contributed by atoms with E-state index in [1.54, 1.807) is 9.80 Å². The zero-order valence-corrected chi connectivity index (χ0v) is 23.4. The largest absolute Gasteiger partial charge is 0.394 e. The molecular weight excluding hydrogens is 504 g/mol. The molecule has 2 aliphatic heterocycles. The number of hydrogen-bond donors (Lipinski definition) is 3. The summed E-state index contributed by atoms with van der Waals surface area (Å²) in [7, 11) is 0. The van der Waals surface area contributed by atoms with Crippen molar-refractivity contribution in [2.24, 2.45) is 0 Å². The molecule has 0 aromatic heterocycles. The summed E-state index contributed by atoms with van der Waals surface area (Å²) < 4.78 is 0. The van der Waals surface area contributed by atoms with Gasteiger partial charge in [-0.1, -0.05) is 56.7 Å². The third kappa shape index (κ3) is 5.24. The monoisotopic (exact) mass is 546 g/mol. The molecule has 0 atom stereocenters. The molecule has 0 unspecified atom stereocenters. The first-order valence-electron chi connectivity index (χ1n) is 15.1. The number of benzene rings is 2. The van der Waals surface area contributed by atoms with Crippen molar-refractivity contribution in [1.29, 1.82) is 0 Å². The molecule has 1 spiro atoms. The number of amides is 2. The molecule has 0 radical (unpaired) electrons. The highest BCUT2D eigenvalue weighted by Gasteiger charge is 2.50. The topological polar surface area (TPSA) is 96.4 Å². The van der Waals surface area contributed by atoms with Gasteiger partial charge in [0.1, 0.15) is 5.60 Å². The lowest BCUT2D eigenvalue weighted by Gasteiger charge is -2.35. The summed E-state index contributed by atoms with van der Waals surface area (Å²) in [6.07, 6.45) is 10.8. The van der Waals surface area contributed by atoms with Gasteiger partial charge in [0.05, 0.1) is 24.4 Å². The number of aliphatic hydroxyl groups excluding tert-OH is 1. The van der Waals surface area contributed by atoms with Gasteiger partial charge in [-0.15, -0.1) is 0 Å². The second-order valence-electron chi connectivity index (χ2n) is 12.1. The first-order valence-corrected chi connectivity index (χ1v) is 15.1. The second-order valence-corrected chi connectivity index (χ2v) is 12.1. The summed E-state index contributed by atoms with van der Waals surface area (Å²) >= 11 is 0. The van der Waals surface area contributed by atoms with Gasteiger partial charge in [-0.05, 0) is 66.6 Å². The summed E-state index contributed by atoms with van der Waals surface area (Å²) in [6.45, 7) is 2.55. The minimum atomic E-state index is -1.15. The van der Waals surface area contributed by atoms with Gasteiger partial charge in [0.2, 0.25) is 0 Å². The minimum absolute atomic E-state index is 0.0221. The minimum Gasteiger partial charge on any atom is -0.394 e. The number of carbonyl (C=O) groups is 2. The smallest absolute Gasteiger partial charge is 0.254 e. The molecule has 1 saturated heterocycles. The molecule has 3 N–H and O–H groups in total. The SMILES string of the molecule is O=C(c1ccc(-c2ccc3c(c2)C2(CCCCCCCC2)NN3CCO)cc1)N1CCN(C(=O)C2(O)CC2)CC1. The Labute approximate surface area is 236 Å². The molecule has 214 valence electrons. The van der Waals surface area contributed by atoms with Gasteiger partial charge in [0, 0.05) is 31.7 Å². The predicted octanol–water partition coefficient (Wildman–Crippen LogP) is 3.81. The van der Waals surface area contributed by atoms with Crippen LogP contribution in [-0.2, 0) is 10.3 Å². The summed E-state index contributed by atoms with van der Waals surface area (Å²) in [4.78, 5) is 29.1. The Morgan fingerprint density at radius 1 is 0.775 bits per heavy atom. The van der Waals surface area contributed by atoms with Crippen molar-refractivity contribution in [3.8, 4) is 11.1 Å². The Bertz CT molecular complexity index is 1220. The van der Waals surface area contributed by atoms with Crippen LogP contribution in [0.1, 0.15) is 80.1 Å². The fourth-order valence-electron chi connectivity index (χ4n) is 6.78. The van der Waals surface area contributed by atoms with Gasteiger partial charge in [-0.2, -0.15) is 0 Å². The van der Waals surface area contributed by atoms with Gasteiger partial charge in [0.25, 0.3) is 11.8 Å². The Balaban J connectivity index is 1.18. The first kappa shape index (κ1) is 27.2. The number of carbonyl (C=O) groups excluding carboxylic acids is 2. The van der Waals surface area contributed by atoms with Crippen LogP contribution in [0.25, 0.3) is 11.1 Å². The van der Waals surface area contributed by atoms with Gasteiger partial charge >= 0.3 is 0 Å². The van der Waals surface area contributed by atoms with Crippen LogP contribution in [0.15, 0.2) is 42.5 Å². The molecule has 2 saturated carbocycles. The summed E-state index contributed by atoms with van der Waals surface area (Å²) in [5.41, 5.74) is 7.91. The van der Waals surface area contributed by atoms with Gasteiger partial charge in [-0.25, -0.2) is 5.43 Å². The molecule has 2 aromatic carbocycles. The second kappa shape index (κ2) is 11.1. The number of anilines is 1. The van der Waals surface area contributed by atoms with Gasteiger partial charge in [-0.3, -0.25) is 9.59 Å². The summed E-state index contributed by atoms with van der Waals surface area (Å²) in [5, 5.41) is 22.0. The highest BCUT2D eigenvalue weighted by atomic mass is 16.3. The maximum absolute atomic E-state index is 13.2. The van der Waals surface area contributed by atoms with E-state index in [-0.39, 0.29) is 24.0 Å². The van der Waals surface area contributed by atoms with Crippen LogP contribution in [0.4, 0.5) is 5.69 Å². The average molecular weight is 547 g/mol. The van der Waals surface area contributed by atoms with Crippen LogP contribution < -0.4 is 10.4 Å². The lowest BCUT2D eigenvalue weighted by molar-refractivity contribution is -0.143. The van der Waals surface area contributed by atoms with Crippen LogP contribution in [-0.4, -0.2) is 76.8 Å². The molecule has 4 aliphatic rings. The Morgan fingerprint density at radius 2 is 1.38 bits per heavy atom. The number of nitrogens with zero attached hydrogens (tertiary/aromatic N) is 3. The van der Waals surface area contributed by atoms with E-state index >= 15 is 0 Å². The highest BCUT2D eigenvalue weighted by Crippen LogP contribution is 2.46. The maximum atomic E-state index is 13.2. The average Bonchev–Trinajstić information content (AvgIpc) is 3.64. The zero-order chi connectivity index (χ0) is 27.7. The molecule has 8 heteroatoms. The van der Waals surface area contributed by atoms with E-state index in [0.29, 0.717) is 51.1 Å². The number of hydrazine groups is 1. The van der Waals surface area contributed by atoms with E-state index in [2.05, 4.69) is 28.6 Å². The van der Waals surface area contributed by atoms with E-state index in [1.807, 2.05) is 24.3 Å². The number of fused-ring (bicyclic) bond motifs is 2. The van der Waals surface area contributed by atoms with E-state index in [0.717, 1.165) is 29.7 Å². The van der Waals surface area contributed by atoms with E-state index < -0.39 is 5.60 Å². The molecule has 2 aliphatic carbocycles. The van der Waals surface area contributed by atoms with Crippen LogP contribution in [0.3, 0.4) is 0 Å². The van der Waals surface area contributed by atoms with Crippen LogP contribution in [0.2, 0.25) is 0 Å². The van der Waals surface area contributed by atoms with E-state index in [1.165, 1.54) is 44.1 Å². The summed E-state index contributed by atoms with van der Waals surface area (Å²) in [5.74, 6) is -0.212. The molecule has 6 rings (SSSR count). The Hall–Kier alpha value is -2.94. The Kier molecular flexibility index (Phi) is 7.59. The van der Waals surface area contributed by atoms with Crippen molar-refractivity contribution in [1.82, 2.24) is 15.2 Å². The third-order valence-corrected chi connectivity index (χ3v) is 9.37. The third-order valence-electron chi connectivity index (χ3n) is 9.37. The van der Waals surface area contributed by atoms with E-state index in [4.69, 9.17) is 0 Å². The highest BCUT2D eigenvalue weighted by molar-refractivity contribution is 5.95. The van der Waals surface area contributed by atoms with Crippen LogP contribution >= 0.6 is 0 Å². The number of hydrogen-bond acceptors (Lipinski definition) is 6. The standard InChI is InChI=1S/C32H42N4O4/c37-22-21-36-28-12-11-26(23-27(28)31(33-36)13-5-3-1-2-4-6-14-31)24-7-9-25(10-8-24)29(38)34-17-19-35(20-18-34)30(39)32(40)15-16-32/h7-12,23,33,37,40H,1-6,13-22H2. The number of aliphatic hydroxyl groups is 2. The molecule has 2 heterocycles. The Morgan fingerprint density at radius 3 is 2.00 bits per heavy atom. The van der Waals surface area contributed by atoms with Crippen LogP contribution in [0, 0.1) is 0 Å². The van der Waals surface area contributed by atoms with Crippen molar-refractivity contribution in [2.45, 2.75) is 75.3 Å². The molecule has 2 aromatic rings. The lowest BCUT2D eigenvalue weighted by atomic mass is 9.81. The summed E-state index contributed by atoms with van der Waals surface area (Å²) in [6, 6.07) is 14.5. The number of piperazine rings is 1. The fraction of sp³-hybridized carbons (Fsp3) is 0.562. The van der Waals surface area contributed by atoms with Crippen molar-refractivity contribution in [3.05, 3.63) is 53.6 Å². The van der Waals surface area contributed by atoms with Crippen molar-refractivity contribution >= 4 is 17.5 Å². The fourth-order valence-corrected chi connectivity index (χ4v) is 6.78.